The van der Waals surface area contributed by atoms with Crippen molar-refractivity contribution in [2.24, 2.45) is 0 Å². The summed E-state index contributed by atoms with van der Waals surface area (Å²) in [4.78, 5) is 41.1. The van der Waals surface area contributed by atoms with Gasteiger partial charge in [-0.1, -0.05) is 25.5 Å². The number of rotatable bonds is 10. The molecule has 2 aliphatic rings. The Morgan fingerprint density at radius 2 is 1.74 bits per heavy atom. The number of hydrogen-bond donors (Lipinski definition) is 1. The Bertz CT molecular complexity index is 828. The van der Waals surface area contributed by atoms with Gasteiger partial charge in [-0.05, 0) is 30.5 Å². The molecular formula is C23H31N3O5. The fraction of sp³-hybridized carbons (Fsp3) is 0.522. The highest BCUT2D eigenvalue weighted by atomic mass is 16.5. The van der Waals surface area contributed by atoms with Crippen LogP contribution in [0, 0.1) is 0 Å². The zero-order chi connectivity index (χ0) is 22.2. The first-order valence-electron chi connectivity index (χ1n) is 10.9. The molecule has 0 aliphatic carbocycles. The number of imide groups is 1. The molecule has 1 aromatic rings. The molecule has 0 saturated carbocycles. The van der Waals surface area contributed by atoms with Crippen LogP contribution in [0.3, 0.4) is 0 Å². The van der Waals surface area contributed by atoms with Gasteiger partial charge in [0.05, 0.1) is 18.8 Å². The van der Waals surface area contributed by atoms with Crippen molar-refractivity contribution in [3.63, 3.8) is 0 Å². The first kappa shape index (κ1) is 23.0. The SMILES string of the molecule is CCCCOCCCN1C(=O)C(c2ccc(NC(C)=O)cc2)=C(N2CCOCC2)C1=O. The quantitative estimate of drug-likeness (QED) is 0.453. The van der Waals surface area contributed by atoms with Crippen LogP contribution in [-0.4, -0.2) is 73.6 Å². The molecule has 8 heteroatoms. The third kappa shape index (κ3) is 5.71. The van der Waals surface area contributed by atoms with Crippen molar-refractivity contribution in [3.8, 4) is 0 Å². The molecule has 1 fully saturated rings. The zero-order valence-electron chi connectivity index (χ0n) is 18.3. The van der Waals surface area contributed by atoms with Gasteiger partial charge in [0.25, 0.3) is 11.8 Å². The van der Waals surface area contributed by atoms with Crippen LogP contribution >= 0.6 is 0 Å². The smallest absolute Gasteiger partial charge is 0.277 e. The number of nitrogens with one attached hydrogen (secondary N) is 1. The maximum absolute atomic E-state index is 13.3. The number of hydrogen-bond acceptors (Lipinski definition) is 6. The van der Waals surface area contributed by atoms with Gasteiger partial charge >= 0.3 is 0 Å². The minimum atomic E-state index is -0.285. The third-order valence-corrected chi connectivity index (χ3v) is 5.28. The number of ether oxygens (including phenoxy) is 2. The predicted molar refractivity (Wildman–Crippen MR) is 117 cm³/mol. The summed E-state index contributed by atoms with van der Waals surface area (Å²) in [7, 11) is 0. The van der Waals surface area contributed by atoms with E-state index in [-0.39, 0.29) is 17.7 Å². The number of nitrogens with zero attached hydrogens (tertiary/aromatic N) is 2. The lowest BCUT2D eigenvalue weighted by molar-refractivity contribution is -0.138. The first-order valence-corrected chi connectivity index (χ1v) is 10.9. The normalized spacial score (nSPS) is 17.0. The Kier molecular flexibility index (Phi) is 8.20. The van der Waals surface area contributed by atoms with Gasteiger partial charge in [-0.3, -0.25) is 19.3 Å². The van der Waals surface area contributed by atoms with Crippen molar-refractivity contribution in [2.45, 2.75) is 33.1 Å². The summed E-state index contributed by atoms with van der Waals surface area (Å²) in [6.07, 6.45) is 2.68. The Labute approximate surface area is 183 Å². The average Bonchev–Trinajstić information content (AvgIpc) is 3.01. The Morgan fingerprint density at radius 1 is 1.06 bits per heavy atom. The third-order valence-electron chi connectivity index (χ3n) is 5.28. The fourth-order valence-electron chi connectivity index (χ4n) is 3.70. The van der Waals surface area contributed by atoms with E-state index in [1.54, 1.807) is 24.3 Å². The summed E-state index contributed by atoms with van der Waals surface area (Å²) in [5.41, 5.74) is 2.15. The second-order valence-electron chi connectivity index (χ2n) is 7.66. The fourth-order valence-corrected chi connectivity index (χ4v) is 3.70. The van der Waals surface area contributed by atoms with E-state index in [2.05, 4.69) is 12.2 Å². The summed E-state index contributed by atoms with van der Waals surface area (Å²) in [6.45, 7) is 7.25. The molecule has 0 unspecified atom stereocenters. The number of anilines is 1. The molecular weight excluding hydrogens is 398 g/mol. The highest BCUT2D eigenvalue weighted by molar-refractivity contribution is 6.35. The molecule has 3 rings (SSSR count). The lowest BCUT2D eigenvalue weighted by atomic mass is 10.0. The highest BCUT2D eigenvalue weighted by Crippen LogP contribution is 2.32. The van der Waals surface area contributed by atoms with Crippen molar-refractivity contribution in [3.05, 3.63) is 35.5 Å². The molecule has 0 spiro atoms. The molecule has 0 radical (unpaired) electrons. The number of benzene rings is 1. The van der Waals surface area contributed by atoms with Crippen molar-refractivity contribution < 1.29 is 23.9 Å². The number of unbranched alkanes of at least 4 members (excludes halogenated alkanes) is 1. The summed E-state index contributed by atoms with van der Waals surface area (Å²) in [5, 5.41) is 2.72. The van der Waals surface area contributed by atoms with Crippen LogP contribution in [0.15, 0.2) is 30.0 Å². The number of morpholine rings is 1. The van der Waals surface area contributed by atoms with Gasteiger partial charge in [-0.2, -0.15) is 0 Å². The molecule has 0 bridgehead atoms. The zero-order valence-corrected chi connectivity index (χ0v) is 18.3. The molecule has 2 heterocycles. The number of carbonyl (C=O) groups is 3. The van der Waals surface area contributed by atoms with Gasteiger partial charge < -0.3 is 19.7 Å². The largest absolute Gasteiger partial charge is 0.381 e. The van der Waals surface area contributed by atoms with E-state index >= 15 is 0 Å². The average molecular weight is 430 g/mol. The minimum absolute atomic E-state index is 0.166. The van der Waals surface area contributed by atoms with Crippen LogP contribution in [0.4, 0.5) is 5.69 Å². The first-order chi connectivity index (χ1) is 15.0. The van der Waals surface area contributed by atoms with Gasteiger partial charge in [-0.15, -0.1) is 0 Å². The minimum Gasteiger partial charge on any atom is -0.381 e. The molecule has 0 aromatic heterocycles. The van der Waals surface area contributed by atoms with E-state index in [9.17, 15) is 14.4 Å². The van der Waals surface area contributed by atoms with Gasteiger partial charge in [0.1, 0.15) is 5.70 Å². The molecule has 8 nitrogen and oxygen atoms in total. The molecule has 0 atom stereocenters. The van der Waals surface area contributed by atoms with Crippen molar-refractivity contribution >= 4 is 29.0 Å². The molecule has 168 valence electrons. The van der Waals surface area contributed by atoms with Crippen LogP contribution in [-0.2, 0) is 23.9 Å². The lowest BCUT2D eigenvalue weighted by Crippen LogP contribution is -2.40. The van der Waals surface area contributed by atoms with E-state index in [1.165, 1.54) is 11.8 Å². The predicted octanol–water partition coefficient (Wildman–Crippen LogP) is 2.26. The molecule has 1 aromatic carbocycles. The van der Waals surface area contributed by atoms with Crippen LogP contribution in [0.5, 0.6) is 0 Å². The van der Waals surface area contributed by atoms with Crippen LogP contribution in [0.25, 0.3) is 5.57 Å². The van der Waals surface area contributed by atoms with E-state index in [0.29, 0.717) is 75.0 Å². The standard InChI is InChI=1S/C23H31N3O5/c1-3-4-13-30-14-5-10-26-22(28)20(18-6-8-19(9-7-18)24-17(2)27)21(23(26)29)25-11-15-31-16-12-25/h6-9H,3-5,10-16H2,1-2H3,(H,24,27). The lowest BCUT2D eigenvalue weighted by Gasteiger charge is -2.29. The summed E-state index contributed by atoms with van der Waals surface area (Å²) in [6, 6.07) is 7.01. The van der Waals surface area contributed by atoms with Gasteiger partial charge in [0, 0.05) is 45.5 Å². The Balaban J connectivity index is 1.79. The maximum Gasteiger partial charge on any atom is 0.277 e. The summed E-state index contributed by atoms with van der Waals surface area (Å²) < 4.78 is 11.0. The van der Waals surface area contributed by atoms with E-state index in [0.717, 1.165) is 12.8 Å². The molecule has 1 N–H and O–H groups in total. The van der Waals surface area contributed by atoms with Crippen LogP contribution in [0.2, 0.25) is 0 Å². The summed E-state index contributed by atoms with van der Waals surface area (Å²) >= 11 is 0. The van der Waals surface area contributed by atoms with Crippen molar-refractivity contribution in [1.82, 2.24) is 9.80 Å². The highest BCUT2D eigenvalue weighted by Gasteiger charge is 2.41. The van der Waals surface area contributed by atoms with Crippen LogP contribution < -0.4 is 5.32 Å². The van der Waals surface area contributed by atoms with Crippen molar-refractivity contribution in [1.29, 1.82) is 0 Å². The van der Waals surface area contributed by atoms with Gasteiger partial charge in [0.15, 0.2) is 0 Å². The van der Waals surface area contributed by atoms with Crippen molar-refractivity contribution in [2.75, 3.05) is 51.4 Å². The van der Waals surface area contributed by atoms with Gasteiger partial charge in [0.2, 0.25) is 5.91 Å². The maximum atomic E-state index is 13.3. The molecule has 2 aliphatic heterocycles. The van der Waals surface area contributed by atoms with Crippen LogP contribution in [0.1, 0.15) is 38.7 Å². The second-order valence-corrected chi connectivity index (χ2v) is 7.66. The monoisotopic (exact) mass is 429 g/mol. The van der Waals surface area contributed by atoms with Gasteiger partial charge in [-0.25, -0.2) is 0 Å². The van der Waals surface area contributed by atoms with E-state index in [1.807, 2.05) is 4.90 Å². The molecule has 3 amide bonds. The number of carbonyl (C=O) groups excluding carboxylic acids is 3. The molecule has 31 heavy (non-hydrogen) atoms. The van der Waals surface area contributed by atoms with E-state index < -0.39 is 0 Å². The topological polar surface area (TPSA) is 88.2 Å². The molecule has 1 saturated heterocycles. The van der Waals surface area contributed by atoms with E-state index in [4.69, 9.17) is 9.47 Å². The Morgan fingerprint density at radius 3 is 2.39 bits per heavy atom. The second kappa shape index (κ2) is 11.1. The number of amides is 3. The summed E-state index contributed by atoms with van der Waals surface area (Å²) in [5.74, 6) is -0.714. The Hall–Kier alpha value is -2.71.